The Balaban J connectivity index is 1.63. The number of nitrogens with zero attached hydrogens (tertiary/aromatic N) is 1. The topological polar surface area (TPSA) is 103 Å². The minimum absolute atomic E-state index is 0.136. The number of carbonyl (C=O) groups excluding carboxylic acids is 2. The van der Waals surface area contributed by atoms with E-state index < -0.39 is 18.5 Å². The summed E-state index contributed by atoms with van der Waals surface area (Å²) in [7, 11) is 3.02. The molecule has 2 N–H and O–H groups in total. The molecular weight excluding hydrogens is 338 g/mol. The number of fused-ring (bicyclic) bond motifs is 1. The Morgan fingerprint density at radius 2 is 1.77 bits per heavy atom. The maximum absolute atomic E-state index is 12.2. The van der Waals surface area contributed by atoms with Crippen molar-refractivity contribution in [2.75, 3.05) is 26.1 Å². The maximum atomic E-state index is 12.2. The first-order valence-electron chi connectivity index (χ1n) is 7.74. The van der Waals surface area contributed by atoms with Crippen LogP contribution in [0.1, 0.15) is 10.5 Å². The fourth-order valence-corrected chi connectivity index (χ4v) is 2.40. The normalized spacial score (nSPS) is 10.4. The number of esters is 1. The number of nitrogens with one attached hydrogen (secondary N) is 2. The molecule has 134 valence electrons. The van der Waals surface area contributed by atoms with E-state index in [-0.39, 0.29) is 5.69 Å². The zero-order valence-corrected chi connectivity index (χ0v) is 14.2. The third kappa shape index (κ3) is 3.75. The Morgan fingerprint density at radius 1 is 1.08 bits per heavy atom. The van der Waals surface area contributed by atoms with Crippen LogP contribution >= 0.6 is 0 Å². The molecule has 0 aliphatic heterocycles. The summed E-state index contributed by atoms with van der Waals surface area (Å²) in [4.78, 5) is 24.2. The molecule has 1 aromatic heterocycles. The van der Waals surface area contributed by atoms with Gasteiger partial charge in [0.15, 0.2) is 12.3 Å². The summed E-state index contributed by atoms with van der Waals surface area (Å²) in [6, 6.07) is 12.1. The van der Waals surface area contributed by atoms with Gasteiger partial charge in [0.05, 0.1) is 19.7 Å². The smallest absolute Gasteiger partial charge is 0.359 e. The highest BCUT2D eigenvalue weighted by molar-refractivity contribution is 6.03. The molecule has 8 heteroatoms. The summed E-state index contributed by atoms with van der Waals surface area (Å²) < 4.78 is 15.3. The van der Waals surface area contributed by atoms with Crippen LogP contribution in [0.3, 0.4) is 0 Å². The molecule has 0 radical (unpaired) electrons. The lowest BCUT2D eigenvalue weighted by atomic mass is 10.2. The standard InChI is InChI=1S/C18H17N3O5/c1-24-12-7-11(8-13(9-12)25-2)19-16(22)10-26-18(23)17-14-5-3-4-6-15(14)20-21-17/h3-9H,10H2,1-2H3,(H,19,22)(H,20,21). The number of aromatic nitrogens is 2. The number of rotatable bonds is 6. The van der Waals surface area contributed by atoms with Gasteiger partial charge in [0.1, 0.15) is 11.5 Å². The Labute approximate surface area is 149 Å². The molecule has 0 atom stereocenters. The summed E-state index contributed by atoms with van der Waals surface area (Å²) in [5.74, 6) is -0.117. The number of H-pyrrole nitrogens is 1. The predicted octanol–water partition coefficient (Wildman–Crippen LogP) is 2.38. The molecule has 0 saturated heterocycles. The molecule has 1 amide bonds. The van der Waals surface area contributed by atoms with E-state index in [2.05, 4.69) is 15.5 Å². The van der Waals surface area contributed by atoms with Crippen LogP contribution in [0.5, 0.6) is 11.5 Å². The summed E-state index contributed by atoms with van der Waals surface area (Å²) in [5, 5.41) is 9.94. The zero-order chi connectivity index (χ0) is 18.5. The maximum Gasteiger partial charge on any atom is 0.359 e. The lowest BCUT2D eigenvalue weighted by Crippen LogP contribution is -2.21. The molecule has 0 aliphatic carbocycles. The monoisotopic (exact) mass is 355 g/mol. The van der Waals surface area contributed by atoms with E-state index in [9.17, 15) is 9.59 Å². The number of para-hydroxylation sites is 1. The van der Waals surface area contributed by atoms with Crippen LogP contribution < -0.4 is 14.8 Å². The van der Waals surface area contributed by atoms with Gasteiger partial charge in [-0.15, -0.1) is 0 Å². The van der Waals surface area contributed by atoms with Crippen molar-refractivity contribution in [3.8, 4) is 11.5 Å². The first kappa shape index (κ1) is 17.3. The van der Waals surface area contributed by atoms with Gasteiger partial charge in [0.25, 0.3) is 5.91 Å². The van der Waals surface area contributed by atoms with Crippen LogP contribution in [-0.2, 0) is 9.53 Å². The second kappa shape index (κ2) is 7.56. The first-order chi connectivity index (χ1) is 12.6. The Bertz CT molecular complexity index is 929. The molecule has 2 aromatic carbocycles. The van der Waals surface area contributed by atoms with Crippen molar-refractivity contribution in [1.29, 1.82) is 0 Å². The molecule has 3 aromatic rings. The van der Waals surface area contributed by atoms with Crippen molar-refractivity contribution in [3.63, 3.8) is 0 Å². The number of aromatic amines is 1. The second-order valence-corrected chi connectivity index (χ2v) is 5.34. The average molecular weight is 355 g/mol. The molecule has 1 heterocycles. The van der Waals surface area contributed by atoms with Crippen molar-refractivity contribution in [2.24, 2.45) is 0 Å². The fourth-order valence-electron chi connectivity index (χ4n) is 2.40. The van der Waals surface area contributed by atoms with E-state index in [1.807, 2.05) is 6.07 Å². The van der Waals surface area contributed by atoms with Crippen molar-refractivity contribution in [2.45, 2.75) is 0 Å². The van der Waals surface area contributed by atoms with Crippen LogP contribution in [0.25, 0.3) is 10.9 Å². The van der Waals surface area contributed by atoms with E-state index in [1.54, 1.807) is 36.4 Å². The van der Waals surface area contributed by atoms with Crippen molar-refractivity contribution < 1.29 is 23.8 Å². The highest BCUT2D eigenvalue weighted by Crippen LogP contribution is 2.25. The zero-order valence-electron chi connectivity index (χ0n) is 14.2. The van der Waals surface area contributed by atoms with Crippen molar-refractivity contribution in [1.82, 2.24) is 10.2 Å². The fraction of sp³-hybridized carbons (Fsp3) is 0.167. The summed E-state index contributed by atoms with van der Waals surface area (Å²) >= 11 is 0. The average Bonchev–Trinajstić information content (AvgIpc) is 3.10. The molecule has 0 aliphatic rings. The van der Waals surface area contributed by atoms with Crippen LogP contribution in [0.2, 0.25) is 0 Å². The third-order valence-corrected chi connectivity index (χ3v) is 3.63. The molecule has 0 unspecified atom stereocenters. The number of carbonyl (C=O) groups is 2. The number of amides is 1. The van der Waals surface area contributed by atoms with Gasteiger partial charge >= 0.3 is 5.97 Å². The van der Waals surface area contributed by atoms with Gasteiger partial charge in [-0.25, -0.2) is 4.79 Å². The van der Waals surface area contributed by atoms with Gasteiger partial charge in [-0.2, -0.15) is 5.10 Å². The van der Waals surface area contributed by atoms with Crippen LogP contribution in [0.4, 0.5) is 5.69 Å². The molecule has 8 nitrogen and oxygen atoms in total. The Hall–Kier alpha value is -3.55. The highest BCUT2D eigenvalue weighted by Gasteiger charge is 2.17. The van der Waals surface area contributed by atoms with Crippen LogP contribution in [-0.4, -0.2) is 42.9 Å². The number of benzene rings is 2. The Kier molecular flexibility index (Phi) is 5.02. The third-order valence-electron chi connectivity index (χ3n) is 3.63. The molecule has 3 rings (SSSR count). The van der Waals surface area contributed by atoms with E-state index in [4.69, 9.17) is 14.2 Å². The van der Waals surface area contributed by atoms with Gasteiger partial charge in [-0.3, -0.25) is 9.89 Å². The lowest BCUT2D eigenvalue weighted by Gasteiger charge is -2.10. The quantitative estimate of drug-likeness (QED) is 0.658. The minimum Gasteiger partial charge on any atom is -0.497 e. The largest absolute Gasteiger partial charge is 0.497 e. The van der Waals surface area contributed by atoms with Crippen LogP contribution in [0.15, 0.2) is 42.5 Å². The summed E-state index contributed by atoms with van der Waals surface area (Å²) in [6.45, 7) is -0.445. The van der Waals surface area contributed by atoms with E-state index in [0.29, 0.717) is 28.1 Å². The van der Waals surface area contributed by atoms with E-state index >= 15 is 0 Å². The molecule has 0 bridgehead atoms. The highest BCUT2D eigenvalue weighted by atomic mass is 16.5. The van der Waals surface area contributed by atoms with Crippen molar-refractivity contribution >= 4 is 28.5 Å². The second-order valence-electron chi connectivity index (χ2n) is 5.34. The number of methoxy groups -OCH3 is 2. The van der Waals surface area contributed by atoms with Gasteiger partial charge in [0, 0.05) is 29.3 Å². The summed E-state index contributed by atoms with van der Waals surface area (Å²) in [5.41, 5.74) is 1.32. The van der Waals surface area contributed by atoms with Gasteiger partial charge < -0.3 is 19.5 Å². The minimum atomic E-state index is -0.680. The molecule has 0 fully saturated rings. The van der Waals surface area contributed by atoms with Gasteiger partial charge in [-0.05, 0) is 6.07 Å². The van der Waals surface area contributed by atoms with Gasteiger partial charge in [-0.1, -0.05) is 18.2 Å². The number of anilines is 1. The Morgan fingerprint density at radius 3 is 2.46 bits per heavy atom. The lowest BCUT2D eigenvalue weighted by molar-refractivity contribution is -0.119. The number of hydrogen-bond acceptors (Lipinski definition) is 6. The summed E-state index contributed by atoms with van der Waals surface area (Å²) in [6.07, 6.45) is 0. The van der Waals surface area contributed by atoms with Crippen LogP contribution in [0, 0.1) is 0 Å². The molecule has 0 saturated carbocycles. The SMILES string of the molecule is COc1cc(NC(=O)COC(=O)c2n[nH]c3ccccc23)cc(OC)c1. The molecule has 26 heavy (non-hydrogen) atoms. The number of hydrogen-bond donors (Lipinski definition) is 2. The molecular formula is C18H17N3O5. The van der Waals surface area contributed by atoms with E-state index in [0.717, 1.165) is 0 Å². The number of ether oxygens (including phenoxy) is 3. The van der Waals surface area contributed by atoms with Crippen molar-refractivity contribution in [3.05, 3.63) is 48.2 Å². The molecule has 0 spiro atoms. The van der Waals surface area contributed by atoms with E-state index in [1.165, 1.54) is 14.2 Å². The predicted molar refractivity (Wildman–Crippen MR) is 94.6 cm³/mol. The first-order valence-corrected chi connectivity index (χ1v) is 7.74. The van der Waals surface area contributed by atoms with Gasteiger partial charge in [0.2, 0.25) is 0 Å².